The van der Waals surface area contributed by atoms with E-state index in [1.54, 1.807) is 0 Å². The zero-order valence-electron chi connectivity index (χ0n) is 11.7. The van der Waals surface area contributed by atoms with Gasteiger partial charge in [0.25, 0.3) is 0 Å². The summed E-state index contributed by atoms with van der Waals surface area (Å²) < 4.78 is 5.93. The minimum absolute atomic E-state index is 0.387. The Morgan fingerprint density at radius 3 is 2.70 bits per heavy atom. The molecule has 4 heteroatoms. The van der Waals surface area contributed by atoms with E-state index in [-0.39, 0.29) is 0 Å². The first-order chi connectivity index (χ1) is 9.69. The Labute approximate surface area is 118 Å². The standard InChI is InChI=1S/C16H19N3O/c1-10-6-16(14-7-11(17)2-5-15(14)18-10)19-8-12-3-4-13(9-19)20-12/h2,5-7,12-13H,3-4,8-9,17H2,1H3. The number of hydrogen-bond acceptors (Lipinski definition) is 4. The molecule has 0 amide bonds. The second-order valence-electron chi connectivity index (χ2n) is 5.92. The highest BCUT2D eigenvalue weighted by atomic mass is 16.5. The average molecular weight is 269 g/mol. The molecule has 2 aliphatic rings. The summed E-state index contributed by atoms with van der Waals surface area (Å²) in [5.74, 6) is 0. The van der Waals surface area contributed by atoms with Crippen molar-refractivity contribution < 1.29 is 4.74 Å². The third-order valence-electron chi connectivity index (χ3n) is 4.32. The fraction of sp³-hybridized carbons (Fsp3) is 0.438. The maximum absolute atomic E-state index is 5.96. The predicted molar refractivity (Wildman–Crippen MR) is 81.0 cm³/mol. The van der Waals surface area contributed by atoms with Crippen molar-refractivity contribution >= 4 is 22.3 Å². The lowest BCUT2D eigenvalue weighted by Crippen LogP contribution is -2.42. The largest absolute Gasteiger partial charge is 0.399 e. The van der Waals surface area contributed by atoms with Crippen LogP contribution in [0.25, 0.3) is 10.9 Å². The van der Waals surface area contributed by atoms with Gasteiger partial charge in [-0.25, -0.2) is 0 Å². The molecule has 104 valence electrons. The van der Waals surface area contributed by atoms with E-state index in [0.717, 1.165) is 35.4 Å². The van der Waals surface area contributed by atoms with E-state index in [1.165, 1.54) is 18.5 Å². The molecule has 2 bridgehead atoms. The number of nitrogens with two attached hydrogens (primary N) is 1. The first kappa shape index (κ1) is 12.0. The van der Waals surface area contributed by atoms with Gasteiger partial charge in [-0.15, -0.1) is 0 Å². The topological polar surface area (TPSA) is 51.4 Å². The number of ether oxygens (including phenoxy) is 1. The smallest absolute Gasteiger partial charge is 0.0755 e. The summed E-state index contributed by atoms with van der Waals surface area (Å²) in [5, 5.41) is 1.15. The lowest BCUT2D eigenvalue weighted by atomic mass is 10.1. The van der Waals surface area contributed by atoms with Crippen LogP contribution in [-0.4, -0.2) is 30.3 Å². The van der Waals surface area contributed by atoms with Gasteiger partial charge in [0.2, 0.25) is 0 Å². The van der Waals surface area contributed by atoms with Crippen LogP contribution < -0.4 is 10.6 Å². The molecule has 2 aromatic rings. The summed E-state index contributed by atoms with van der Waals surface area (Å²) in [6.45, 7) is 4.00. The van der Waals surface area contributed by atoms with Crippen molar-refractivity contribution in [3.05, 3.63) is 30.0 Å². The summed E-state index contributed by atoms with van der Waals surface area (Å²) in [5.41, 5.74) is 10.1. The van der Waals surface area contributed by atoms with E-state index < -0.39 is 0 Å². The molecule has 3 heterocycles. The normalized spacial score (nSPS) is 25.4. The molecule has 0 radical (unpaired) electrons. The number of aryl methyl sites for hydroxylation is 1. The molecule has 1 aromatic heterocycles. The van der Waals surface area contributed by atoms with Crippen LogP contribution in [0.4, 0.5) is 11.4 Å². The summed E-state index contributed by atoms with van der Waals surface area (Å²) >= 11 is 0. The number of aromatic nitrogens is 1. The molecular formula is C16H19N3O. The van der Waals surface area contributed by atoms with Gasteiger partial charge in [0, 0.05) is 35.5 Å². The highest BCUT2D eigenvalue weighted by molar-refractivity contribution is 5.94. The van der Waals surface area contributed by atoms with Gasteiger partial charge in [0.1, 0.15) is 0 Å². The molecule has 2 N–H and O–H groups in total. The van der Waals surface area contributed by atoms with Crippen molar-refractivity contribution in [1.29, 1.82) is 0 Å². The number of benzene rings is 1. The Morgan fingerprint density at radius 2 is 1.95 bits per heavy atom. The number of rotatable bonds is 1. The summed E-state index contributed by atoms with van der Waals surface area (Å²) in [4.78, 5) is 7.06. The van der Waals surface area contributed by atoms with Crippen molar-refractivity contribution in [2.75, 3.05) is 23.7 Å². The first-order valence-corrected chi connectivity index (χ1v) is 7.26. The average Bonchev–Trinajstić information content (AvgIpc) is 2.77. The molecule has 0 aliphatic carbocycles. The Hall–Kier alpha value is -1.81. The maximum atomic E-state index is 5.96. The molecule has 1 aromatic carbocycles. The van der Waals surface area contributed by atoms with E-state index in [4.69, 9.17) is 10.5 Å². The molecule has 0 spiro atoms. The van der Waals surface area contributed by atoms with Gasteiger partial charge in [0.05, 0.1) is 17.7 Å². The van der Waals surface area contributed by atoms with Crippen LogP contribution in [0.2, 0.25) is 0 Å². The number of nitrogens with zero attached hydrogens (tertiary/aromatic N) is 2. The monoisotopic (exact) mass is 269 g/mol. The Morgan fingerprint density at radius 1 is 1.20 bits per heavy atom. The second-order valence-corrected chi connectivity index (χ2v) is 5.92. The van der Waals surface area contributed by atoms with Gasteiger partial charge < -0.3 is 15.4 Å². The van der Waals surface area contributed by atoms with Crippen molar-refractivity contribution in [1.82, 2.24) is 4.98 Å². The highest BCUT2D eigenvalue weighted by Gasteiger charge is 2.34. The number of pyridine rings is 1. The van der Waals surface area contributed by atoms with E-state index in [0.29, 0.717) is 12.2 Å². The minimum atomic E-state index is 0.387. The number of morpholine rings is 1. The van der Waals surface area contributed by atoms with Gasteiger partial charge in [-0.05, 0) is 44.0 Å². The van der Waals surface area contributed by atoms with Crippen molar-refractivity contribution in [2.24, 2.45) is 0 Å². The van der Waals surface area contributed by atoms with E-state index >= 15 is 0 Å². The fourth-order valence-corrected chi connectivity index (χ4v) is 3.43. The van der Waals surface area contributed by atoms with Crippen LogP contribution in [0, 0.1) is 6.92 Å². The quantitative estimate of drug-likeness (QED) is 0.808. The molecule has 2 atom stereocenters. The highest BCUT2D eigenvalue weighted by Crippen LogP contribution is 2.34. The van der Waals surface area contributed by atoms with Crippen LogP contribution >= 0.6 is 0 Å². The second kappa shape index (κ2) is 4.35. The van der Waals surface area contributed by atoms with Crippen molar-refractivity contribution in [3.63, 3.8) is 0 Å². The SMILES string of the molecule is Cc1cc(N2CC3CCC(C2)O3)c2cc(N)ccc2n1. The van der Waals surface area contributed by atoms with Gasteiger partial charge in [0.15, 0.2) is 0 Å². The zero-order valence-corrected chi connectivity index (χ0v) is 11.7. The molecular weight excluding hydrogens is 250 g/mol. The van der Waals surface area contributed by atoms with Crippen LogP contribution in [0.3, 0.4) is 0 Å². The van der Waals surface area contributed by atoms with Gasteiger partial charge in [-0.1, -0.05) is 0 Å². The number of anilines is 2. The van der Waals surface area contributed by atoms with Gasteiger partial charge >= 0.3 is 0 Å². The Bertz CT molecular complexity index is 658. The molecule has 4 nitrogen and oxygen atoms in total. The molecule has 20 heavy (non-hydrogen) atoms. The Balaban J connectivity index is 1.83. The third kappa shape index (κ3) is 1.91. The van der Waals surface area contributed by atoms with Crippen LogP contribution in [0.1, 0.15) is 18.5 Å². The van der Waals surface area contributed by atoms with Crippen LogP contribution in [-0.2, 0) is 4.74 Å². The summed E-state index contributed by atoms with van der Waals surface area (Å²) in [7, 11) is 0. The van der Waals surface area contributed by atoms with E-state index in [9.17, 15) is 0 Å². The van der Waals surface area contributed by atoms with Crippen LogP contribution in [0.15, 0.2) is 24.3 Å². The minimum Gasteiger partial charge on any atom is -0.399 e. The van der Waals surface area contributed by atoms with Crippen LogP contribution in [0.5, 0.6) is 0 Å². The Kier molecular flexibility index (Phi) is 2.60. The third-order valence-corrected chi connectivity index (χ3v) is 4.32. The summed E-state index contributed by atoms with van der Waals surface area (Å²) in [6, 6.07) is 8.14. The fourth-order valence-electron chi connectivity index (χ4n) is 3.43. The molecule has 0 saturated carbocycles. The zero-order chi connectivity index (χ0) is 13.7. The molecule has 2 saturated heterocycles. The van der Waals surface area contributed by atoms with Gasteiger partial charge in [-0.3, -0.25) is 4.98 Å². The molecule has 2 unspecified atom stereocenters. The lowest BCUT2D eigenvalue weighted by Gasteiger charge is -2.34. The molecule has 4 rings (SSSR count). The number of hydrogen-bond donors (Lipinski definition) is 1. The number of fused-ring (bicyclic) bond motifs is 3. The van der Waals surface area contributed by atoms with Crippen molar-refractivity contribution in [2.45, 2.75) is 32.0 Å². The molecule has 2 fully saturated rings. The molecule has 2 aliphatic heterocycles. The van der Waals surface area contributed by atoms with Crippen molar-refractivity contribution in [3.8, 4) is 0 Å². The lowest BCUT2D eigenvalue weighted by molar-refractivity contribution is 0.0306. The summed E-state index contributed by atoms with van der Waals surface area (Å²) in [6.07, 6.45) is 3.15. The van der Waals surface area contributed by atoms with E-state index in [2.05, 4.69) is 16.0 Å². The maximum Gasteiger partial charge on any atom is 0.0755 e. The first-order valence-electron chi connectivity index (χ1n) is 7.26. The number of nitrogen functional groups attached to an aromatic ring is 1. The van der Waals surface area contributed by atoms with E-state index in [1.807, 2.05) is 25.1 Å². The van der Waals surface area contributed by atoms with Gasteiger partial charge in [-0.2, -0.15) is 0 Å². The predicted octanol–water partition coefficient (Wildman–Crippen LogP) is 2.49.